The lowest BCUT2D eigenvalue weighted by Gasteiger charge is -2.23. The van der Waals surface area contributed by atoms with Crippen LogP contribution in [0.25, 0.3) is 0 Å². The van der Waals surface area contributed by atoms with Gasteiger partial charge in [-0.15, -0.1) is 0 Å². The molecule has 3 rings (SSSR count). The van der Waals surface area contributed by atoms with E-state index in [1.165, 1.54) is 16.7 Å². The van der Waals surface area contributed by atoms with Crippen molar-refractivity contribution in [3.8, 4) is 5.75 Å². The summed E-state index contributed by atoms with van der Waals surface area (Å²) >= 11 is 0. The van der Waals surface area contributed by atoms with Gasteiger partial charge in [-0.25, -0.2) is 0 Å². The highest BCUT2D eigenvalue weighted by Crippen LogP contribution is 2.52. The molecular formula is C23H30O3. The van der Waals surface area contributed by atoms with Crippen LogP contribution in [-0.4, -0.2) is 20.3 Å². The molecule has 0 amide bonds. The molecule has 3 nitrogen and oxygen atoms in total. The van der Waals surface area contributed by atoms with Crippen molar-refractivity contribution in [2.24, 2.45) is 0 Å². The van der Waals surface area contributed by atoms with E-state index in [0.29, 0.717) is 0 Å². The van der Waals surface area contributed by atoms with Crippen LogP contribution in [0.15, 0.2) is 48.5 Å². The van der Waals surface area contributed by atoms with Crippen LogP contribution in [0.2, 0.25) is 0 Å². The fourth-order valence-corrected chi connectivity index (χ4v) is 3.60. The van der Waals surface area contributed by atoms with Crippen molar-refractivity contribution in [3.05, 3.63) is 65.2 Å². The van der Waals surface area contributed by atoms with Crippen molar-refractivity contribution >= 4 is 0 Å². The molecule has 1 unspecified atom stereocenters. The summed E-state index contributed by atoms with van der Waals surface area (Å²) in [5.41, 5.74) is 3.57. The summed E-state index contributed by atoms with van der Waals surface area (Å²) in [7, 11) is 3.46. The Kier molecular flexibility index (Phi) is 5.14. The Morgan fingerprint density at radius 3 is 2.00 bits per heavy atom. The van der Waals surface area contributed by atoms with Gasteiger partial charge < -0.3 is 14.2 Å². The lowest BCUT2D eigenvalue weighted by molar-refractivity contribution is 0.0695. The second-order valence-corrected chi connectivity index (χ2v) is 8.18. The van der Waals surface area contributed by atoms with Gasteiger partial charge in [0.2, 0.25) is 0 Å². The van der Waals surface area contributed by atoms with Crippen LogP contribution in [0.5, 0.6) is 5.75 Å². The predicted octanol–water partition coefficient (Wildman–Crippen LogP) is 5.38. The molecule has 1 fully saturated rings. The van der Waals surface area contributed by atoms with E-state index in [1.807, 2.05) is 12.1 Å². The van der Waals surface area contributed by atoms with Gasteiger partial charge >= 0.3 is 0 Å². The van der Waals surface area contributed by atoms with Gasteiger partial charge in [0.05, 0.1) is 19.3 Å². The molecule has 3 atom stereocenters. The van der Waals surface area contributed by atoms with Crippen molar-refractivity contribution in [2.45, 2.75) is 57.3 Å². The van der Waals surface area contributed by atoms with Crippen LogP contribution in [0.1, 0.15) is 56.9 Å². The van der Waals surface area contributed by atoms with Crippen molar-refractivity contribution < 1.29 is 14.2 Å². The van der Waals surface area contributed by atoms with Crippen LogP contribution in [0.3, 0.4) is 0 Å². The molecule has 0 aliphatic carbocycles. The first-order valence-corrected chi connectivity index (χ1v) is 9.26. The van der Waals surface area contributed by atoms with Gasteiger partial charge in [0.25, 0.3) is 0 Å². The molecule has 0 saturated carbocycles. The molecule has 0 radical (unpaired) electrons. The van der Waals surface area contributed by atoms with Crippen molar-refractivity contribution in [3.63, 3.8) is 0 Å². The van der Waals surface area contributed by atoms with Crippen molar-refractivity contribution in [1.29, 1.82) is 0 Å². The SMILES string of the molecule is COc1ccc([C@]2(CC(OC)c3ccc(C(C)(C)C)cc3)O[C@@H]2C)cc1. The first kappa shape index (κ1) is 18.9. The Labute approximate surface area is 157 Å². The third-order valence-electron chi connectivity index (χ3n) is 5.49. The maximum atomic E-state index is 6.08. The molecule has 0 aromatic heterocycles. The van der Waals surface area contributed by atoms with Gasteiger partial charge in [-0.1, -0.05) is 57.2 Å². The summed E-state index contributed by atoms with van der Waals surface area (Å²) in [5, 5.41) is 0. The highest BCUT2D eigenvalue weighted by molar-refractivity contribution is 5.36. The van der Waals surface area contributed by atoms with E-state index in [0.717, 1.165) is 12.2 Å². The van der Waals surface area contributed by atoms with E-state index < -0.39 is 0 Å². The lowest BCUT2D eigenvalue weighted by atomic mass is 9.84. The maximum absolute atomic E-state index is 6.08. The summed E-state index contributed by atoms with van der Waals surface area (Å²) in [6, 6.07) is 17.0. The normalized spacial score (nSPS) is 23.5. The number of hydrogen-bond acceptors (Lipinski definition) is 3. The first-order valence-electron chi connectivity index (χ1n) is 9.26. The Balaban J connectivity index is 1.82. The van der Waals surface area contributed by atoms with E-state index >= 15 is 0 Å². The van der Waals surface area contributed by atoms with Gasteiger partial charge in [-0.3, -0.25) is 0 Å². The predicted molar refractivity (Wildman–Crippen MR) is 105 cm³/mol. The van der Waals surface area contributed by atoms with Gasteiger partial charge in [0.15, 0.2) is 0 Å². The topological polar surface area (TPSA) is 31.0 Å². The summed E-state index contributed by atoms with van der Waals surface area (Å²) in [6.45, 7) is 8.82. The first-order chi connectivity index (χ1) is 12.3. The van der Waals surface area contributed by atoms with E-state index in [4.69, 9.17) is 14.2 Å². The molecule has 1 heterocycles. The lowest BCUT2D eigenvalue weighted by Crippen LogP contribution is -2.18. The minimum absolute atomic E-state index is 0.00364. The fourth-order valence-electron chi connectivity index (χ4n) is 3.60. The Morgan fingerprint density at radius 2 is 1.58 bits per heavy atom. The van der Waals surface area contributed by atoms with Crippen molar-refractivity contribution in [1.82, 2.24) is 0 Å². The smallest absolute Gasteiger partial charge is 0.122 e. The van der Waals surface area contributed by atoms with Crippen LogP contribution >= 0.6 is 0 Å². The second kappa shape index (κ2) is 7.05. The number of hydrogen-bond donors (Lipinski definition) is 0. The highest BCUT2D eigenvalue weighted by Gasteiger charge is 2.55. The molecule has 3 heteroatoms. The van der Waals surface area contributed by atoms with E-state index in [9.17, 15) is 0 Å². The molecule has 1 aliphatic rings. The molecule has 2 aromatic carbocycles. The van der Waals surface area contributed by atoms with Crippen LogP contribution in [-0.2, 0) is 20.5 Å². The number of benzene rings is 2. The third-order valence-corrected chi connectivity index (χ3v) is 5.49. The second-order valence-electron chi connectivity index (χ2n) is 8.18. The van der Waals surface area contributed by atoms with Gasteiger partial charge in [0.1, 0.15) is 11.4 Å². The van der Waals surface area contributed by atoms with Crippen LogP contribution in [0, 0.1) is 0 Å². The van der Waals surface area contributed by atoms with Gasteiger partial charge in [0, 0.05) is 13.5 Å². The minimum Gasteiger partial charge on any atom is -0.497 e. The van der Waals surface area contributed by atoms with E-state index in [1.54, 1.807) is 14.2 Å². The van der Waals surface area contributed by atoms with Gasteiger partial charge in [-0.05, 0) is 41.2 Å². The summed E-state index contributed by atoms with van der Waals surface area (Å²) in [6.07, 6.45) is 0.977. The minimum atomic E-state index is -0.282. The zero-order valence-electron chi connectivity index (χ0n) is 16.7. The van der Waals surface area contributed by atoms with E-state index in [-0.39, 0.29) is 23.2 Å². The molecule has 0 spiro atoms. The number of rotatable bonds is 6. The zero-order valence-corrected chi connectivity index (χ0v) is 16.7. The maximum Gasteiger partial charge on any atom is 0.122 e. The van der Waals surface area contributed by atoms with E-state index in [2.05, 4.69) is 64.1 Å². The third kappa shape index (κ3) is 3.65. The van der Waals surface area contributed by atoms with Crippen molar-refractivity contribution in [2.75, 3.05) is 14.2 Å². The average molecular weight is 354 g/mol. The molecular weight excluding hydrogens is 324 g/mol. The molecule has 26 heavy (non-hydrogen) atoms. The molecule has 0 N–H and O–H groups in total. The molecule has 140 valence electrons. The average Bonchev–Trinajstić information content (AvgIpc) is 3.30. The zero-order chi connectivity index (χ0) is 18.9. The van der Waals surface area contributed by atoms with Crippen LogP contribution in [0.4, 0.5) is 0 Å². The Bertz CT molecular complexity index is 728. The quantitative estimate of drug-likeness (QED) is 0.652. The fraction of sp³-hybridized carbons (Fsp3) is 0.478. The monoisotopic (exact) mass is 354 g/mol. The van der Waals surface area contributed by atoms with Gasteiger partial charge in [-0.2, -0.15) is 0 Å². The molecule has 2 aromatic rings. The summed E-state index contributed by atoms with van der Waals surface area (Å²) in [4.78, 5) is 0. The molecule has 1 aliphatic heterocycles. The standard InChI is InChI=1S/C23H30O3/c1-16-23(26-16,19-11-13-20(24-5)14-12-19)15-21(25-6)17-7-9-18(10-8-17)22(2,3)4/h7-14,16,21H,15H2,1-6H3/t16-,21?,23-/m1/s1. The molecule has 0 bridgehead atoms. The summed E-state index contributed by atoms with van der Waals surface area (Å²) in [5.74, 6) is 0.860. The number of ether oxygens (including phenoxy) is 3. The number of epoxide rings is 1. The highest BCUT2D eigenvalue weighted by atomic mass is 16.6. The summed E-state index contributed by atoms with van der Waals surface area (Å²) < 4.78 is 17.2. The largest absolute Gasteiger partial charge is 0.497 e. The Hall–Kier alpha value is -1.84. The number of methoxy groups -OCH3 is 2. The Morgan fingerprint density at radius 1 is 1.00 bits per heavy atom. The van der Waals surface area contributed by atoms with Crippen LogP contribution < -0.4 is 4.74 Å². The molecule has 1 saturated heterocycles.